The van der Waals surface area contributed by atoms with Gasteiger partial charge in [0.2, 0.25) is 21.8 Å². The first-order valence-corrected chi connectivity index (χ1v) is 13.7. The molecule has 2 aliphatic heterocycles. The Bertz CT molecular complexity index is 1260. The van der Waals surface area contributed by atoms with E-state index in [1.54, 1.807) is 35.2 Å². The van der Waals surface area contributed by atoms with Gasteiger partial charge in [-0.05, 0) is 43.4 Å². The minimum Gasteiger partial charge on any atom is -0.368 e. The lowest BCUT2D eigenvalue weighted by Gasteiger charge is -2.41. The molecule has 0 saturated carbocycles. The zero-order valence-electron chi connectivity index (χ0n) is 20.7. The maximum absolute atomic E-state index is 15.5. The number of amides is 2. The average Bonchev–Trinajstić information content (AvgIpc) is 2.86. The van der Waals surface area contributed by atoms with E-state index in [9.17, 15) is 18.0 Å². The number of hydrogen-bond donors (Lipinski definition) is 1. The number of benzene rings is 2. The van der Waals surface area contributed by atoms with Crippen molar-refractivity contribution in [3.63, 3.8) is 0 Å². The van der Waals surface area contributed by atoms with E-state index in [1.807, 2.05) is 0 Å². The second-order valence-corrected chi connectivity index (χ2v) is 11.7. The van der Waals surface area contributed by atoms with Gasteiger partial charge in [0.1, 0.15) is 29.1 Å². The summed E-state index contributed by atoms with van der Waals surface area (Å²) in [6.07, 6.45) is 1.34. The third kappa shape index (κ3) is 5.68. The Hall–Kier alpha value is -2.89. The second kappa shape index (κ2) is 10.8. The Morgan fingerprint density at radius 3 is 2.38 bits per heavy atom. The number of carbonyl (C=O) groups excluding carboxylic acids is 2. The van der Waals surface area contributed by atoms with Gasteiger partial charge in [0.05, 0.1) is 0 Å². The lowest BCUT2D eigenvalue weighted by atomic mass is 9.83. The van der Waals surface area contributed by atoms with E-state index in [0.29, 0.717) is 18.4 Å². The SMILES string of the molecule is CC(=O)N1CCC(OCC(N)=O)(c2cc(F)c(CN3CCC[C@H](c4ccccc4)S3(=O)=O)cc2F)CC1. The highest BCUT2D eigenvalue weighted by molar-refractivity contribution is 7.89. The van der Waals surface area contributed by atoms with Crippen LogP contribution in [0.5, 0.6) is 0 Å². The van der Waals surface area contributed by atoms with Crippen LogP contribution in [0.4, 0.5) is 8.78 Å². The molecule has 2 fully saturated rings. The first-order valence-electron chi connectivity index (χ1n) is 12.2. The largest absolute Gasteiger partial charge is 0.368 e. The third-order valence-electron chi connectivity index (χ3n) is 7.25. The molecule has 4 rings (SSSR count). The molecule has 0 bridgehead atoms. The number of likely N-dealkylation sites (tertiary alicyclic amines) is 1. The van der Waals surface area contributed by atoms with Crippen molar-refractivity contribution in [3.8, 4) is 0 Å². The van der Waals surface area contributed by atoms with Crippen molar-refractivity contribution in [2.45, 2.75) is 50.0 Å². The summed E-state index contributed by atoms with van der Waals surface area (Å²) in [5.74, 6) is -2.45. The molecular weight excluding hydrogens is 504 g/mol. The number of halogens is 2. The number of carbonyl (C=O) groups is 2. The molecule has 1 atom stereocenters. The number of piperidine rings is 1. The van der Waals surface area contributed by atoms with Crippen LogP contribution >= 0.6 is 0 Å². The van der Waals surface area contributed by atoms with Crippen molar-refractivity contribution in [1.29, 1.82) is 0 Å². The molecule has 0 spiro atoms. The van der Waals surface area contributed by atoms with Gasteiger partial charge >= 0.3 is 0 Å². The van der Waals surface area contributed by atoms with Crippen molar-refractivity contribution >= 4 is 21.8 Å². The molecule has 2 aromatic rings. The van der Waals surface area contributed by atoms with E-state index in [4.69, 9.17) is 10.5 Å². The van der Waals surface area contributed by atoms with Gasteiger partial charge in [-0.15, -0.1) is 0 Å². The molecule has 2 heterocycles. The van der Waals surface area contributed by atoms with Crippen molar-refractivity contribution in [2.24, 2.45) is 5.73 Å². The van der Waals surface area contributed by atoms with E-state index in [1.165, 1.54) is 11.2 Å². The molecule has 200 valence electrons. The van der Waals surface area contributed by atoms with Crippen LogP contribution < -0.4 is 5.73 Å². The first-order chi connectivity index (χ1) is 17.5. The zero-order valence-corrected chi connectivity index (χ0v) is 21.5. The lowest BCUT2D eigenvalue weighted by Crippen LogP contribution is -2.47. The van der Waals surface area contributed by atoms with E-state index in [2.05, 4.69) is 0 Å². The summed E-state index contributed by atoms with van der Waals surface area (Å²) in [4.78, 5) is 24.7. The van der Waals surface area contributed by atoms with E-state index in [-0.39, 0.29) is 56.1 Å². The van der Waals surface area contributed by atoms with Gasteiger partial charge in [-0.25, -0.2) is 17.2 Å². The highest BCUT2D eigenvalue weighted by Gasteiger charge is 2.42. The fourth-order valence-electron chi connectivity index (χ4n) is 5.22. The zero-order chi connectivity index (χ0) is 26.8. The maximum atomic E-state index is 15.5. The first kappa shape index (κ1) is 27.2. The highest BCUT2D eigenvalue weighted by Crippen LogP contribution is 2.40. The molecule has 0 aliphatic carbocycles. The van der Waals surface area contributed by atoms with Gasteiger partial charge in [-0.3, -0.25) is 9.59 Å². The number of rotatable bonds is 7. The number of nitrogens with two attached hydrogens (primary N) is 1. The Kier molecular flexibility index (Phi) is 7.96. The van der Waals surface area contributed by atoms with Crippen LogP contribution in [0.25, 0.3) is 0 Å². The van der Waals surface area contributed by atoms with E-state index < -0.39 is 45.0 Å². The summed E-state index contributed by atoms with van der Waals surface area (Å²) in [6.45, 7) is 1.32. The van der Waals surface area contributed by atoms with Gasteiger partial charge in [0.15, 0.2) is 0 Å². The second-order valence-electron chi connectivity index (χ2n) is 9.60. The molecule has 2 aliphatic rings. The number of ether oxygens (including phenoxy) is 1. The van der Waals surface area contributed by atoms with Gasteiger partial charge in [0.25, 0.3) is 0 Å². The van der Waals surface area contributed by atoms with Crippen LogP contribution in [0.2, 0.25) is 0 Å². The molecule has 11 heteroatoms. The average molecular weight is 536 g/mol. The van der Waals surface area contributed by atoms with Crippen molar-refractivity contribution in [1.82, 2.24) is 9.21 Å². The molecule has 2 N–H and O–H groups in total. The summed E-state index contributed by atoms with van der Waals surface area (Å²) in [7, 11) is -3.79. The number of sulfonamides is 1. The Morgan fingerprint density at radius 2 is 1.76 bits per heavy atom. The van der Waals surface area contributed by atoms with E-state index >= 15 is 8.78 Å². The minimum atomic E-state index is -3.79. The van der Waals surface area contributed by atoms with Gasteiger partial charge < -0.3 is 15.4 Å². The van der Waals surface area contributed by atoms with Crippen LogP contribution in [0.15, 0.2) is 42.5 Å². The summed E-state index contributed by atoms with van der Waals surface area (Å²) in [5, 5.41) is -0.744. The summed E-state index contributed by atoms with van der Waals surface area (Å²) >= 11 is 0. The smallest absolute Gasteiger partial charge is 0.243 e. The Morgan fingerprint density at radius 1 is 1.08 bits per heavy atom. The monoisotopic (exact) mass is 535 g/mol. The Labute approximate surface area is 215 Å². The predicted octanol–water partition coefficient (Wildman–Crippen LogP) is 2.97. The van der Waals surface area contributed by atoms with Crippen molar-refractivity contribution < 1.29 is 31.5 Å². The molecule has 8 nitrogen and oxygen atoms in total. The maximum Gasteiger partial charge on any atom is 0.243 e. The summed E-state index contributed by atoms with van der Waals surface area (Å²) < 4.78 is 64.5. The molecule has 0 radical (unpaired) electrons. The number of nitrogens with zero attached hydrogens (tertiary/aromatic N) is 2. The fraction of sp³-hybridized carbons (Fsp3) is 0.462. The number of primary amides is 1. The highest BCUT2D eigenvalue weighted by atomic mass is 32.2. The van der Waals surface area contributed by atoms with Crippen molar-refractivity contribution in [2.75, 3.05) is 26.2 Å². The van der Waals surface area contributed by atoms with E-state index in [0.717, 1.165) is 12.1 Å². The normalized spacial score (nSPS) is 21.5. The van der Waals surface area contributed by atoms with Gasteiger partial charge in [-0.1, -0.05) is 30.3 Å². The third-order valence-corrected chi connectivity index (χ3v) is 9.50. The summed E-state index contributed by atoms with van der Waals surface area (Å²) in [6, 6.07) is 10.9. The Balaban J connectivity index is 1.61. The molecule has 0 unspecified atom stereocenters. The van der Waals surface area contributed by atoms with Gasteiger partial charge in [-0.2, -0.15) is 4.31 Å². The molecule has 2 saturated heterocycles. The molecule has 0 aromatic heterocycles. The van der Waals surface area contributed by atoms with Crippen molar-refractivity contribution in [3.05, 3.63) is 70.8 Å². The van der Waals surface area contributed by atoms with Crippen LogP contribution in [0, 0.1) is 11.6 Å². The van der Waals surface area contributed by atoms with Crippen LogP contribution in [0.3, 0.4) is 0 Å². The minimum absolute atomic E-state index is 0.0816. The van der Waals surface area contributed by atoms with Crippen LogP contribution in [0.1, 0.15) is 54.5 Å². The topological polar surface area (TPSA) is 110 Å². The van der Waals surface area contributed by atoms with Crippen LogP contribution in [-0.2, 0) is 36.5 Å². The van der Waals surface area contributed by atoms with Crippen LogP contribution in [-0.4, -0.2) is 55.7 Å². The van der Waals surface area contributed by atoms with Gasteiger partial charge in [0, 0.05) is 44.2 Å². The summed E-state index contributed by atoms with van der Waals surface area (Å²) in [5.41, 5.74) is 4.38. The fourth-order valence-corrected chi connectivity index (χ4v) is 7.24. The molecule has 2 amide bonds. The quantitative estimate of drug-likeness (QED) is 0.586. The number of hydrogen-bond acceptors (Lipinski definition) is 5. The standard InChI is InChI=1S/C26H31F2N3O5S/c1-18(32)30-12-9-26(10-13-30,36-17-25(29)33)21-15-22(27)20(14-23(21)28)16-31-11-5-8-24(37(31,34)35)19-6-3-2-4-7-19/h2-4,6-7,14-15,24H,5,8-13,16-17H2,1H3,(H2,29,33)/t24-/m1/s1. The molecule has 37 heavy (non-hydrogen) atoms. The lowest BCUT2D eigenvalue weighted by molar-refractivity contribution is -0.144. The molecular formula is C26H31F2N3O5S. The molecule has 2 aromatic carbocycles. The predicted molar refractivity (Wildman–Crippen MR) is 132 cm³/mol.